The Hall–Kier alpha value is -1.56. The van der Waals surface area contributed by atoms with E-state index in [9.17, 15) is 9.59 Å². The van der Waals surface area contributed by atoms with Crippen LogP contribution in [0.4, 0.5) is 4.79 Å². The summed E-state index contributed by atoms with van der Waals surface area (Å²) in [5.74, 6) is -0.983. The van der Waals surface area contributed by atoms with Crippen molar-refractivity contribution in [3.05, 3.63) is 34.3 Å². The van der Waals surface area contributed by atoms with Gasteiger partial charge >= 0.3 is 12.0 Å². The van der Waals surface area contributed by atoms with Crippen molar-refractivity contribution < 1.29 is 14.7 Å². The van der Waals surface area contributed by atoms with E-state index >= 15 is 0 Å². The van der Waals surface area contributed by atoms with Crippen LogP contribution in [-0.4, -0.2) is 29.2 Å². The number of aliphatic carboxylic acids is 1. The third-order valence-corrected chi connectivity index (χ3v) is 4.77. The number of rotatable bonds is 5. The van der Waals surface area contributed by atoms with Gasteiger partial charge in [0.15, 0.2) is 0 Å². The van der Waals surface area contributed by atoms with Crippen LogP contribution in [0.1, 0.15) is 38.2 Å². The molecule has 1 aliphatic rings. The fourth-order valence-corrected chi connectivity index (χ4v) is 3.22. The van der Waals surface area contributed by atoms with Crippen LogP contribution in [0, 0.1) is 5.92 Å². The van der Waals surface area contributed by atoms with Crippen molar-refractivity contribution >= 4 is 27.9 Å². The molecule has 1 saturated carbocycles. The van der Waals surface area contributed by atoms with E-state index in [-0.39, 0.29) is 24.0 Å². The van der Waals surface area contributed by atoms with E-state index in [1.54, 1.807) is 0 Å². The minimum atomic E-state index is -0.726. The molecule has 1 aromatic carbocycles. The predicted octanol–water partition coefficient (Wildman–Crippen LogP) is 3.32. The molecule has 0 radical (unpaired) electrons. The molecular weight excluding hydrogens is 360 g/mol. The van der Waals surface area contributed by atoms with Gasteiger partial charge in [-0.15, -0.1) is 0 Å². The van der Waals surface area contributed by atoms with Crippen LogP contribution in [0.2, 0.25) is 0 Å². The van der Waals surface area contributed by atoms with Gasteiger partial charge in [-0.05, 0) is 56.7 Å². The number of hydrogen-bond acceptors (Lipinski definition) is 2. The molecule has 0 aliphatic heterocycles. The van der Waals surface area contributed by atoms with Gasteiger partial charge in [-0.25, -0.2) is 4.79 Å². The first-order valence-electron chi connectivity index (χ1n) is 7.98. The van der Waals surface area contributed by atoms with Crippen molar-refractivity contribution in [2.24, 2.45) is 5.92 Å². The fraction of sp³-hybridized carbons (Fsp3) is 0.529. The normalized spacial score (nSPS) is 22.2. The Balaban J connectivity index is 1.72. The molecule has 2 amide bonds. The van der Waals surface area contributed by atoms with Gasteiger partial charge in [-0.3, -0.25) is 4.79 Å². The van der Waals surface area contributed by atoms with Crippen LogP contribution in [0.15, 0.2) is 28.7 Å². The Morgan fingerprint density at radius 3 is 2.39 bits per heavy atom. The number of hydrogen-bond donors (Lipinski definition) is 3. The number of carbonyl (C=O) groups excluding carboxylic acids is 1. The minimum Gasteiger partial charge on any atom is -0.481 e. The van der Waals surface area contributed by atoms with E-state index in [0.717, 1.165) is 23.7 Å². The molecule has 0 saturated heterocycles. The van der Waals surface area contributed by atoms with Crippen LogP contribution in [-0.2, 0) is 11.2 Å². The molecule has 1 aromatic rings. The molecule has 1 atom stereocenters. The van der Waals surface area contributed by atoms with Gasteiger partial charge in [0, 0.05) is 16.6 Å². The van der Waals surface area contributed by atoms with E-state index in [4.69, 9.17) is 5.11 Å². The molecule has 0 bridgehead atoms. The lowest BCUT2D eigenvalue weighted by molar-refractivity contribution is -0.142. The predicted molar refractivity (Wildman–Crippen MR) is 92.4 cm³/mol. The summed E-state index contributed by atoms with van der Waals surface area (Å²) >= 11 is 3.40. The summed E-state index contributed by atoms with van der Waals surface area (Å²) < 4.78 is 1.04. The number of carboxylic acids is 1. The molecule has 6 heteroatoms. The van der Waals surface area contributed by atoms with Gasteiger partial charge < -0.3 is 15.7 Å². The van der Waals surface area contributed by atoms with Crippen LogP contribution < -0.4 is 10.6 Å². The summed E-state index contributed by atoms with van der Waals surface area (Å²) in [6.45, 7) is 1.98. The Kier molecular flexibility index (Phi) is 6.45. The van der Waals surface area contributed by atoms with Crippen LogP contribution in [0.5, 0.6) is 0 Å². The standard InChI is InChI=1S/C17H23BrN2O3/c1-11(10-12-2-6-14(18)7-3-12)19-17(23)20-15-8-4-13(5-9-15)16(21)22/h2-3,6-7,11,13,15H,4-5,8-10H2,1H3,(H,21,22)(H2,19,20,23). The fourth-order valence-electron chi connectivity index (χ4n) is 2.96. The molecule has 5 nitrogen and oxygen atoms in total. The van der Waals surface area contributed by atoms with E-state index in [1.165, 1.54) is 5.56 Å². The largest absolute Gasteiger partial charge is 0.481 e. The zero-order valence-corrected chi connectivity index (χ0v) is 14.8. The molecule has 1 aliphatic carbocycles. The molecule has 2 rings (SSSR count). The molecule has 0 aromatic heterocycles. The summed E-state index contributed by atoms with van der Waals surface area (Å²) in [4.78, 5) is 23.0. The highest BCUT2D eigenvalue weighted by Crippen LogP contribution is 2.24. The average molecular weight is 383 g/mol. The maximum Gasteiger partial charge on any atom is 0.315 e. The molecule has 126 valence electrons. The topological polar surface area (TPSA) is 78.4 Å². The highest BCUT2D eigenvalue weighted by Gasteiger charge is 2.26. The zero-order valence-electron chi connectivity index (χ0n) is 13.2. The monoisotopic (exact) mass is 382 g/mol. The minimum absolute atomic E-state index is 0.0338. The Morgan fingerprint density at radius 2 is 1.83 bits per heavy atom. The first-order chi connectivity index (χ1) is 10.9. The lowest BCUT2D eigenvalue weighted by Gasteiger charge is -2.27. The van der Waals surface area contributed by atoms with Crippen LogP contribution in [0.25, 0.3) is 0 Å². The number of urea groups is 1. The second-order valence-electron chi connectivity index (χ2n) is 6.24. The van der Waals surface area contributed by atoms with Gasteiger partial charge in [0.2, 0.25) is 0 Å². The lowest BCUT2D eigenvalue weighted by atomic mass is 9.86. The Morgan fingerprint density at radius 1 is 1.22 bits per heavy atom. The molecule has 0 spiro atoms. The van der Waals surface area contributed by atoms with Crippen LogP contribution >= 0.6 is 15.9 Å². The van der Waals surface area contributed by atoms with Gasteiger partial charge in [-0.2, -0.15) is 0 Å². The van der Waals surface area contributed by atoms with Crippen molar-refractivity contribution in [3.8, 4) is 0 Å². The SMILES string of the molecule is CC(Cc1ccc(Br)cc1)NC(=O)NC1CCC(C(=O)O)CC1. The number of nitrogens with one attached hydrogen (secondary N) is 2. The number of carboxylic acid groups (broad SMARTS) is 1. The molecular formula is C17H23BrN2O3. The number of amides is 2. The summed E-state index contributed by atoms with van der Waals surface area (Å²) in [7, 11) is 0. The van der Waals surface area contributed by atoms with Crippen molar-refractivity contribution in [1.82, 2.24) is 10.6 Å². The van der Waals surface area contributed by atoms with E-state index in [1.807, 2.05) is 31.2 Å². The van der Waals surface area contributed by atoms with Crippen molar-refractivity contribution in [3.63, 3.8) is 0 Å². The van der Waals surface area contributed by atoms with E-state index in [2.05, 4.69) is 26.6 Å². The quantitative estimate of drug-likeness (QED) is 0.730. The smallest absolute Gasteiger partial charge is 0.315 e. The third-order valence-electron chi connectivity index (χ3n) is 4.24. The van der Waals surface area contributed by atoms with Gasteiger partial charge in [-0.1, -0.05) is 28.1 Å². The third kappa shape index (κ3) is 5.86. The Bertz CT molecular complexity index is 539. The second kappa shape index (κ2) is 8.34. The molecule has 3 N–H and O–H groups in total. The summed E-state index contributed by atoms with van der Waals surface area (Å²) in [6, 6.07) is 7.98. The molecule has 1 unspecified atom stereocenters. The van der Waals surface area contributed by atoms with Crippen molar-refractivity contribution in [1.29, 1.82) is 0 Å². The zero-order chi connectivity index (χ0) is 16.8. The van der Waals surface area contributed by atoms with Crippen molar-refractivity contribution in [2.75, 3.05) is 0 Å². The van der Waals surface area contributed by atoms with Gasteiger partial charge in [0.1, 0.15) is 0 Å². The molecule has 23 heavy (non-hydrogen) atoms. The Labute approximate surface area is 145 Å². The first kappa shape index (κ1) is 17.8. The van der Waals surface area contributed by atoms with Gasteiger partial charge in [0.05, 0.1) is 5.92 Å². The number of benzene rings is 1. The summed E-state index contributed by atoms with van der Waals surface area (Å²) in [5, 5.41) is 14.9. The van der Waals surface area contributed by atoms with Crippen LogP contribution in [0.3, 0.4) is 0 Å². The summed E-state index contributed by atoms with van der Waals surface area (Å²) in [5.41, 5.74) is 1.17. The first-order valence-corrected chi connectivity index (χ1v) is 8.77. The summed E-state index contributed by atoms with van der Waals surface area (Å²) in [6.07, 6.45) is 3.49. The molecule has 0 heterocycles. The number of halogens is 1. The highest BCUT2D eigenvalue weighted by atomic mass is 79.9. The maximum absolute atomic E-state index is 12.0. The second-order valence-corrected chi connectivity index (χ2v) is 7.15. The number of carbonyl (C=O) groups is 2. The van der Waals surface area contributed by atoms with Gasteiger partial charge in [0.25, 0.3) is 0 Å². The van der Waals surface area contributed by atoms with Crippen molar-refractivity contribution in [2.45, 2.75) is 51.1 Å². The lowest BCUT2D eigenvalue weighted by Crippen LogP contribution is -2.47. The average Bonchev–Trinajstić information content (AvgIpc) is 2.50. The van der Waals surface area contributed by atoms with E-state index < -0.39 is 5.97 Å². The highest BCUT2D eigenvalue weighted by molar-refractivity contribution is 9.10. The molecule has 1 fully saturated rings. The van der Waals surface area contributed by atoms with E-state index in [0.29, 0.717) is 12.8 Å². The maximum atomic E-state index is 12.0.